The Morgan fingerprint density at radius 2 is 1.89 bits per heavy atom. The zero-order valence-electron chi connectivity index (χ0n) is 10.5. The van der Waals surface area contributed by atoms with Crippen LogP contribution in [0.4, 0.5) is 10.1 Å². The van der Waals surface area contributed by atoms with E-state index in [9.17, 15) is 14.3 Å². The van der Waals surface area contributed by atoms with Crippen molar-refractivity contribution >= 4 is 11.6 Å². The van der Waals surface area contributed by atoms with Crippen molar-refractivity contribution in [1.29, 1.82) is 0 Å². The van der Waals surface area contributed by atoms with Crippen LogP contribution < -0.4 is 4.90 Å². The van der Waals surface area contributed by atoms with Crippen molar-refractivity contribution in [1.82, 2.24) is 0 Å². The highest BCUT2D eigenvalue weighted by Crippen LogP contribution is 2.19. The number of hydrogen-bond donors (Lipinski definition) is 1. The summed E-state index contributed by atoms with van der Waals surface area (Å²) in [6.07, 6.45) is 0. The van der Waals surface area contributed by atoms with Crippen LogP contribution >= 0.6 is 0 Å². The molecule has 19 heavy (non-hydrogen) atoms. The molecular weight excluding hydrogens is 245 g/mol. The average molecular weight is 259 g/mol. The number of carbonyl (C=O) groups excluding carboxylic acids is 1. The first-order valence-corrected chi connectivity index (χ1v) is 5.98. The molecule has 2 aromatic rings. The predicted octanol–water partition coefficient (Wildman–Crippen LogP) is 3.20. The molecule has 0 bridgehead atoms. The number of nitrogens with zero attached hydrogens (tertiary/aromatic N) is 1. The number of rotatable bonds is 3. The van der Waals surface area contributed by atoms with E-state index in [1.807, 2.05) is 6.92 Å². The van der Waals surface area contributed by atoms with Gasteiger partial charge in [0, 0.05) is 17.8 Å². The molecule has 0 saturated carbocycles. The summed E-state index contributed by atoms with van der Waals surface area (Å²) in [5.41, 5.74) is 0.962. The second kappa shape index (κ2) is 5.52. The van der Waals surface area contributed by atoms with E-state index in [0.717, 1.165) is 0 Å². The Hall–Kier alpha value is -2.36. The van der Waals surface area contributed by atoms with Crippen molar-refractivity contribution in [2.24, 2.45) is 0 Å². The fraction of sp³-hybridized carbons (Fsp3) is 0.133. The Morgan fingerprint density at radius 3 is 2.47 bits per heavy atom. The van der Waals surface area contributed by atoms with E-state index in [-0.39, 0.29) is 17.5 Å². The molecule has 4 heteroatoms. The van der Waals surface area contributed by atoms with Crippen molar-refractivity contribution in [3.05, 3.63) is 59.9 Å². The minimum atomic E-state index is -0.380. The summed E-state index contributed by atoms with van der Waals surface area (Å²) < 4.78 is 13.2. The Morgan fingerprint density at radius 1 is 1.21 bits per heavy atom. The van der Waals surface area contributed by atoms with E-state index in [1.54, 1.807) is 24.3 Å². The van der Waals surface area contributed by atoms with E-state index in [1.165, 1.54) is 29.2 Å². The van der Waals surface area contributed by atoms with Crippen LogP contribution in [0.5, 0.6) is 5.75 Å². The quantitative estimate of drug-likeness (QED) is 0.919. The summed E-state index contributed by atoms with van der Waals surface area (Å²) in [4.78, 5) is 13.8. The number of benzene rings is 2. The van der Waals surface area contributed by atoms with Crippen LogP contribution in [-0.2, 0) is 0 Å². The maximum absolute atomic E-state index is 13.2. The van der Waals surface area contributed by atoms with Crippen LogP contribution in [0, 0.1) is 5.82 Å². The molecule has 2 aromatic carbocycles. The maximum atomic E-state index is 13.2. The lowest BCUT2D eigenvalue weighted by Gasteiger charge is -2.21. The summed E-state index contributed by atoms with van der Waals surface area (Å²) in [7, 11) is 0. The molecule has 0 spiro atoms. The first kappa shape index (κ1) is 13.1. The second-order valence-corrected chi connectivity index (χ2v) is 4.08. The zero-order valence-corrected chi connectivity index (χ0v) is 10.5. The van der Waals surface area contributed by atoms with Gasteiger partial charge in [0.15, 0.2) is 0 Å². The molecule has 98 valence electrons. The molecule has 0 radical (unpaired) electrons. The van der Waals surface area contributed by atoms with Gasteiger partial charge in [0.25, 0.3) is 5.91 Å². The number of carbonyl (C=O) groups is 1. The van der Waals surface area contributed by atoms with Gasteiger partial charge < -0.3 is 10.0 Å². The highest BCUT2D eigenvalue weighted by molar-refractivity contribution is 6.06. The van der Waals surface area contributed by atoms with Gasteiger partial charge >= 0.3 is 0 Å². The molecule has 0 saturated heterocycles. The van der Waals surface area contributed by atoms with E-state index in [0.29, 0.717) is 17.8 Å². The first-order valence-electron chi connectivity index (χ1n) is 5.98. The van der Waals surface area contributed by atoms with Crippen LogP contribution in [0.3, 0.4) is 0 Å². The van der Waals surface area contributed by atoms with E-state index in [4.69, 9.17) is 0 Å². The van der Waals surface area contributed by atoms with Gasteiger partial charge in [-0.3, -0.25) is 4.79 Å². The Bertz CT molecular complexity index is 581. The van der Waals surface area contributed by atoms with Gasteiger partial charge in [-0.1, -0.05) is 6.07 Å². The third-order valence-electron chi connectivity index (χ3n) is 2.80. The number of anilines is 1. The minimum Gasteiger partial charge on any atom is -0.508 e. The van der Waals surface area contributed by atoms with Gasteiger partial charge in [0.05, 0.1) is 0 Å². The first-order chi connectivity index (χ1) is 9.11. The smallest absolute Gasteiger partial charge is 0.258 e. The number of phenols is 1. The molecule has 0 fully saturated rings. The third kappa shape index (κ3) is 2.91. The Balaban J connectivity index is 2.31. The maximum Gasteiger partial charge on any atom is 0.258 e. The topological polar surface area (TPSA) is 40.5 Å². The van der Waals surface area contributed by atoms with E-state index in [2.05, 4.69) is 0 Å². The molecule has 0 aliphatic heterocycles. The predicted molar refractivity (Wildman–Crippen MR) is 71.9 cm³/mol. The van der Waals surface area contributed by atoms with Crippen LogP contribution in [0.25, 0.3) is 0 Å². The standard InChI is InChI=1S/C15H14FNO2/c1-2-17(13-5-3-4-12(16)10-13)15(19)11-6-8-14(18)9-7-11/h3-10,18H,2H2,1H3. The number of aromatic hydroxyl groups is 1. The van der Waals surface area contributed by atoms with E-state index < -0.39 is 0 Å². The van der Waals surface area contributed by atoms with E-state index >= 15 is 0 Å². The summed E-state index contributed by atoms with van der Waals surface area (Å²) in [5.74, 6) is -0.507. The van der Waals surface area contributed by atoms with Crippen LogP contribution in [0.1, 0.15) is 17.3 Å². The lowest BCUT2D eigenvalue weighted by molar-refractivity contribution is 0.0988. The van der Waals surface area contributed by atoms with Crippen LogP contribution in [0.15, 0.2) is 48.5 Å². The fourth-order valence-electron chi connectivity index (χ4n) is 1.85. The van der Waals surface area contributed by atoms with Gasteiger partial charge in [-0.2, -0.15) is 0 Å². The van der Waals surface area contributed by atoms with Gasteiger partial charge in [0.1, 0.15) is 11.6 Å². The Kier molecular flexibility index (Phi) is 3.80. The molecule has 0 atom stereocenters. The summed E-state index contributed by atoms with van der Waals surface area (Å²) in [6.45, 7) is 2.26. The zero-order chi connectivity index (χ0) is 13.8. The third-order valence-corrected chi connectivity index (χ3v) is 2.80. The molecule has 0 heterocycles. The lowest BCUT2D eigenvalue weighted by atomic mass is 10.1. The molecular formula is C15H14FNO2. The minimum absolute atomic E-state index is 0.102. The highest BCUT2D eigenvalue weighted by Gasteiger charge is 2.16. The number of hydrogen-bond acceptors (Lipinski definition) is 2. The second-order valence-electron chi connectivity index (χ2n) is 4.08. The molecule has 3 nitrogen and oxygen atoms in total. The van der Waals surface area contributed by atoms with Gasteiger partial charge in [0.2, 0.25) is 0 Å². The van der Waals surface area contributed by atoms with Crippen LogP contribution in [-0.4, -0.2) is 17.6 Å². The van der Waals surface area contributed by atoms with Gasteiger partial charge in [-0.05, 0) is 49.4 Å². The SMILES string of the molecule is CCN(C(=O)c1ccc(O)cc1)c1cccc(F)c1. The molecule has 0 unspecified atom stereocenters. The molecule has 1 amide bonds. The summed E-state index contributed by atoms with van der Waals surface area (Å²) in [6, 6.07) is 11.9. The number of amides is 1. The summed E-state index contributed by atoms with van der Waals surface area (Å²) >= 11 is 0. The monoisotopic (exact) mass is 259 g/mol. The lowest BCUT2D eigenvalue weighted by Crippen LogP contribution is -2.30. The molecule has 2 rings (SSSR count). The van der Waals surface area contributed by atoms with Gasteiger partial charge in [-0.15, -0.1) is 0 Å². The van der Waals surface area contributed by atoms with Crippen molar-refractivity contribution in [2.75, 3.05) is 11.4 Å². The molecule has 0 aliphatic carbocycles. The fourth-order valence-corrected chi connectivity index (χ4v) is 1.85. The van der Waals surface area contributed by atoms with Gasteiger partial charge in [-0.25, -0.2) is 4.39 Å². The van der Waals surface area contributed by atoms with Crippen molar-refractivity contribution < 1.29 is 14.3 Å². The Labute approximate surface area is 110 Å². The van der Waals surface area contributed by atoms with Crippen molar-refractivity contribution in [3.8, 4) is 5.75 Å². The molecule has 1 N–H and O–H groups in total. The normalized spacial score (nSPS) is 10.2. The molecule has 0 aliphatic rings. The number of halogens is 1. The largest absolute Gasteiger partial charge is 0.508 e. The average Bonchev–Trinajstić information content (AvgIpc) is 2.40. The number of phenolic OH excluding ortho intramolecular Hbond substituents is 1. The van der Waals surface area contributed by atoms with Crippen molar-refractivity contribution in [3.63, 3.8) is 0 Å². The summed E-state index contributed by atoms with van der Waals surface area (Å²) in [5, 5.41) is 9.21. The molecule has 0 aromatic heterocycles. The highest BCUT2D eigenvalue weighted by atomic mass is 19.1. The van der Waals surface area contributed by atoms with Crippen LogP contribution in [0.2, 0.25) is 0 Å². The van der Waals surface area contributed by atoms with Crippen molar-refractivity contribution in [2.45, 2.75) is 6.92 Å².